The number of alkyl halides is 3. The Kier molecular flexibility index (Phi) is 8.95. The van der Waals surface area contributed by atoms with Gasteiger partial charge in [-0.25, -0.2) is 17.6 Å². The van der Waals surface area contributed by atoms with Gasteiger partial charge >= 0.3 is 6.18 Å². The molecule has 2 aromatic rings. The molecule has 170 valence electrons. The van der Waals surface area contributed by atoms with Crippen molar-refractivity contribution in [2.75, 3.05) is 6.61 Å². The van der Waals surface area contributed by atoms with Crippen molar-refractivity contribution in [1.29, 1.82) is 0 Å². The molecule has 1 nitrogen and oxygen atoms in total. The van der Waals surface area contributed by atoms with E-state index >= 15 is 0 Å². The summed E-state index contributed by atoms with van der Waals surface area (Å²) in [6.07, 6.45) is 1.25. The van der Waals surface area contributed by atoms with E-state index in [1.165, 1.54) is 37.1 Å². The topological polar surface area (TPSA) is 9.23 Å². The second-order valence-corrected chi connectivity index (χ2v) is 7.08. The maximum absolute atomic E-state index is 14.4. The number of rotatable bonds is 10. The van der Waals surface area contributed by atoms with Crippen molar-refractivity contribution >= 4 is 11.7 Å². The van der Waals surface area contributed by atoms with Crippen LogP contribution in [0.5, 0.6) is 5.75 Å². The fraction of sp³-hybridized carbons (Fsp3) is 0.391. The van der Waals surface area contributed by atoms with E-state index in [0.29, 0.717) is 12.4 Å². The normalized spacial score (nSPS) is 12.6. The average molecular weight is 448 g/mol. The first-order valence-electron chi connectivity index (χ1n) is 10.00. The molecular weight excluding hydrogens is 425 g/mol. The van der Waals surface area contributed by atoms with Gasteiger partial charge in [-0.1, -0.05) is 39.0 Å². The number of halogens is 7. The molecule has 31 heavy (non-hydrogen) atoms. The van der Waals surface area contributed by atoms with Crippen LogP contribution in [0.2, 0.25) is 0 Å². The van der Waals surface area contributed by atoms with Crippen LogP contribution in [-0.4, -0.2) is 6.61 Å². The quantitative estimate of drug-likeness (QED) is 0.201. The summed E-state index contributed by atoms with van der Waals surface area (Å²) in [7, 11) is 0. The van der Waals surface area contributed by atoms with E-state index in [-0.39, 0.29) is 17.7 Å². The summed E-state index contributed by atoms with van der Waals surface area (Å²) in [6.45, 7) is 2.61. The number of ether oxygens (including phenoxy) is 1. The zero-order valence-electron chi connectivity index (χ0n) is 17.0. The van der Waals surface area contributed by atoms with Gasteiger partial charge in [0.1, 0.15) is 22.9 Å². The predicted molar refractivity (Wildman–Crippen MR) is 106 cm³/mol. The van der Waals surface area contributed by atoms with Crippen molar-refractivity contribution in [2.45, 2.75) is 51.6 Å². The Balaban J connectivity index is 2.06. The Morgan fingerprint density at radius 2 is 1.29 bits per heavy atom. The highest BCUT2D eigenvalue weighted by Gasteiger charge is 2.38. The minimum atomic E-state index is -5.29. The fourth-order valence-electron chi connectivity index (χ4n) is 2.99. The van der Waals surface area contributed by atoms with E-state index in [0.717, 1.165) is 25.7 Å². The maximum atomic E-state index is 14.4. The Bertz CT molecular complexity index is 863. The van der Waals surface area contributed by atoms with Gasteiger partial charge < -0.3 is 4.74 Å². The molecule has 0 amide bonds. The summed E-state index contributed by atoms with van der Waals surface area (Å²) < 4.78 is 99.4. The van der Waals surface area contributed by atoms with Crippen molar-refractivity contribution in [3.63, 3.8) is 0 Å². The van der Waals surface area contributed by atoms with E-state index in [1.54, 1.807) is 0 Å². The maximum Gasteiger partial charge on any atom is 0.422 e. The lowest BCUT2D eigenvalue weighted by Crippen LogP contribution is -2.11. The molecule has 2 aromatic carbocycles. The third kappa shape index (κ3) is 7.01. The van der Waals surface area contributed by atoms with Crippen molar-refractivity contribution in [2.24, 2.45) is 0 Å². The molecule has 0 aromatic heterocycles. The second-order valence-electron chi connectivity index (χ2n) is 7.08. The van der Waals surface area contributed by atoms with Gasteiger partial charge in [-0.15, -0.1) is 0 Å². The van der Waals surface area contributed by atoms with Crippen LogP contribution in [0, 0.1) is 11.6 Å². The molecule has 0 N–H and O–H groups in total. The molecule has 0 spiro atoms. The van der Waals surface area contributed by atoms with Crippen molar-refractivity contribution in [1.82, 2.24) is 0 Å². The van der Waals surface area contributed by atoms with Gasteiger partial charge in [0, 0.05) is 11.1 Å². The molecule has 0 atom stereocenters. The summed E-state index contributed by atoms with van der Waals surface area (Å²) in [5, 5.41) is 0. The Hall–Kier alpha value is -2.51. The SMILES string of the molecule is CCCCCCCCOc1ccc(C(F)=C(F)c2cc(F)c(C(F)(F)F)c(F)c2)cc1. The number of benzene rings is 2. The number of hydrogen-bond donors (Lipinski definition) is 0. The van der Waals surface area contributed by atoms with Crippen LogP contribution in [0.1, 0.15) is 62.1 Å². The molecule has 0 fully saturated rings. The van der Waals surface area contributed by atoms with E-state index in [9.17, 15) is 30.7 Å². The van der Waals surface area contributed by atoms with Gasteiger partial charge in [0.2, 0.25) is 0 Å². The van der Waals surface area contributed by atoms with Crippen LogP contribution in [0.15, 0.2) is 36.4 Å². The van der Waals surface area contributed by atoms with E-state index in [2.05, 4.69) is 6.92 Å². The zero-order valence-corrected chi connectivity index (χ0v) is 17.0. The van der Waals surface area contributed by atoms with Crippen molar-refractivity contribution < 1.29 is 35.5 Å². The molecule has 0 bridgehead atoms. The van der Waals surface area contributed by atoms with E-state index < -0.39 is 40.6 Å². The van der Waals surface area contributed by atoms with E-state index in [1.807, 2.05) is 0 Å². The smallest absolute Gasteiger partial charge is 0.422 e. The first kappa shape index (κ1) is 24.8. The summed E-state index contributed by atoms with van der Waals surface area (Å²) in [4.78, 5) is 0. The molecule has 2 rings (SSSR count). The third-order valence-electron chi connectivity index (χ3n) is 4.65. The molecule has 0 saturated heterocycles. The largest absolute Gasteiger partial charge is 0.494 e. The van der Waals surface area contributed by atoms with Crippen LogP contribution in [0.4, 0.5) is 30.7 Å². The van der Waals surface area contributed by atoms with Crippen LogP contribution in [0.3, 0.4) is 0 Å². The summed E-state index contributed by atoms with van der Waals surface area (Å²) in [5.74, 6) is -6.74. The van der Waals surface area contributed by atoms with Crippen molar-refractivity contribution in [3.05, 3.63) is 64.7 Å². The monoisotopic (exact) mass is 448 g/mol. The third-order valence-corrected chi connectivity index (χ3v) is 4.65. The lowest BCUT2D eigenvalue weighted by atomic mass is 10.1. The number of unbranched alkanes of at least 4 members (excludes halogenated alkanes) is 5. The molecule has 0 aliphatic heterocycles. The van der Waals surface area contributed by atoms with Crippen LogP contribution < -0.4 is 4.74 Å². The lowest BCUT2D eigenvalue weighted by molar-refractivity contribution is -0.142. The Morgan fingerprint density at radius 1 is 0.774 bits per heavy atom. The highest BCUT2D eigenvalue weighted by Crippen LogP contribution is 2.37. The zero-order chi connectivity index (χ0) is 23.0. The Labute approximate surface area is 176 Å². The molecule has 0 radical (unpaired) electrons. The summed E-state index contributed by atoms with van der Waals surface area (Å²) in [6, 6.07) is 5.46. The standard InChI is InChI=1S/C23H23F7O/c1-2-3-4-5-6-7-12-31-17-10-8-15(9-11-17)21(26)22(27)16-13-18(24)20(19(25)14-16)23(28,29)30/h8-11,13-14H,2-7,12H2,1H3. The van der Waals surface area contributed by atoms with Gasteiger partial charge in [0.05, 0.1) is 6.61 Å². The molecule has 0 heterocycles. The van der Waals surface area contributed by atoms with Gasteiger partial charge in [-0.3, -0.25) is 0 Å². The molecular formula is C23H23F7O. The first-order chi connectivity index (χ1) is 14.6. The average Bonchev–Trinajstić information content (AvgIpc) is 2.71. The minimum Gasteiger partial charge on any atom is -0.494 e. The van der Waals surface area contributed by atoms with E-state index in [4.69, 9.17) is 4.74 Å². The van der Waals surface area contributed by atoms with Gasteiger partial charge in [0.25, 0.3) is 0 Å². The lowest BCUT2D eigenvalue weighted by Gasteiger charge is -2.11. The summed E-state index contributed by atoms with van der Waals surface area (Å²) >= 11 is 0. The van der Waals surface area contributed by atoms with Crippen LogP contribution in [0.25, 0.3) is 11.7 Å². The highest BCUT2D eigenvalue weighted by molar-refractivity contribution is 5.83. The molecule has 0 aliphatic carbocycles. The van der Waals surface area contributed by atoms with Gasteiger partial charge in [-0.05, 0) is 42.8 Å². The first-order valence-corrected chi connectivity index (χ1v) is 10.00. The fourth-order valence-corrected chi connectivity index (χ4v) is 2.99. The summed E-state index contributed by atoms with van der Waals surface area (Å²) in [5.41, 5.74) is -3.37. The van der Waals surface area contributed by atoms with Crippen LogP contribution in [-0.2, 0) is 6.18 Å². The predicted octanol–water partition coefficient (Wildman–Crippen LogP) is 8.49. The van der Waals surface area contributed by atoms with Crippen LogP contribution >= 0.6 is 0 Å². The van der Waals surface area contributed by atoms with Crippen molar-refractivity contribution in [3.8, 4) is 5.75 Å². The second kappa shape index (κ2) is 11.2. The molecule has 0 saturated carbocycles. The highest BCUT2D eigenvalue weighted by atomic mass is 19.4. The molecule has 0 unspecified atom stereocenters. The number of hydrogen-bond acceptors (Lipinski definition) is 1. The molecule has 8 heteroatoms. The van der Waals surface area contributed by atoms with Gasteiger partial charge in [0.15, 0.2) is 11.7 Å². The molecule has 0 aliphatic rings. The van der Waals surface area contributed by atoms with Gasteiger partial charge in [-0.2, -0.15) is 13.2 Å². The Morgan fingerprint density at radius 3 is 1.84 bits per heavy atom. The minimum absolute atomic E-state index is 0.110.